The van der Waals surface area contributed by atoms with Crippen LogP contribution in [-0.2, 0) is 10.2 Å². The van der Waals surface area contributed by atoms with Crippen LogP contribution in [-0.4, -0.2) is 49.7 Å². The number of hydrogen-bond donors (Lipinski definition) is 1. The Morgan fingerprint density at radius 2 is 2.06 bits per heavy atom. The summed E-state index contributed by atoms with van der Waals surface area (Å²) in [5.41, 5.74) is -0.428. The molecular formula is C24H28N4O5S. The highest BCUT2D eigenvalue weighted by molar-refractivity contribution is 7.09. The average molecular weight is 485 g/mol. The largest absolute Gasteiger partial charge is 0.496 e. The van der Waals surface area contributed by atoms with E-state index in [-0.39, 0.29) is 11.8 Å². The number of thiazole rings is 1. The minimum absolute atomic E-state index is 0.108. The van der Waals surface area contributed by atoms with Gasteiger partial charge in [0.25, 0.3) is 5.91 Å². The quantitative estimate of drug-likeness (QED) is 0.568. The lowest BCUT2D eigenvalue weighted by atomic mass is 9.85. The fourth-order valence-corrected chi connectivity index (χ4v) is 5.39. The van der Waals surface area contributed by atoms with Gasteiger partial charge in [-0.05, 0) is 43.4 Å². The van der Waals surface area contributed by atoms with Gasteiger partial charge in [-0.15, -0.1) is 11.3 Å². The second kappa shape index (κ2) is 8.50. The van der Waals surface area contributed by atoms with E-state index in [0.29, 0.717) is 28.0 Å². The lowest BCUT2D eigenvalue weighted by molar-refractivity contribution is -0.147. The molecule has 0 spiro atoms. The molecule has 0 unspecified atom stereocenters. The number of aromatic nitrogens is 3. The number of carbonyl (C=O) groups is 2. The predicted molar refractivity (Wildman–Crippen MR) is 125 cm³/mol. The van der Waals surface area contributed by atoms with Gasteiger partial charge < -0.3 is 19.3 Å². The van der Waals surface area contributed by atoms with Gasteiger partial charge in [0.1, 0.15) is 16.3 Å². The van der Waals surface area contributed by atoms with Crippen molar-refractivity contribution in [2.45, 2.75) is 64.0 Å². The van der Waals surface area contributed by atoms with Gasteiger partial charge in [0.05, 0.1) is 19.1 Å². The molecule has 0 aliphatic carbocycles. The Morgan fingerprint density at radius 3 is 2.59 bits per heavy atom. The molecule has 0 saturated carbocycles. The molecule has 3 aromatic rings. The minimum Gasteiger partial charge on any atom is -0.496 e. The molecule has 180 valence electrons. The fourth-order valence-electron chi connectivity index (χ4n) is 4.60. The summed E-state index contributed by atoms with van der Waals surface area (Å²) < 4.78 is 11.0. The summed E-state index contributed by atoms with van der Waals surface area (Å²) >= 11 is 1.36. The minimum atomic E-state index is -1.52. The number of carboxylic acids is 1. The van der Waals surface area contributed by atoms with E-state index in [4.69, 9.17) is 9.26 Å². The summed E-state index contributed by atoms with van der Waals surface area (Å²) in [7, 11) is 1.56. The third-order valence-corrected chi connectivity index (χ3v) is 7.16. The Bertz CT molecular complexity index is 1220. The summed E-state index contributed by atoms with van der Waals surface area (Å²) in [6, 6.07) is 4.57. The number of rotatable bonds is 5. The van der Waals surface area contributed by atoms with Gasteiger partial charge in [-0.1, -0.05) is 32.0 Å². The monoisotopic (exact) mass is 484 g/mol. The van der Waals surface area contributed by atoms with Crippen molar-refractivity contribution in [1.29, 1.82) is 0 Å². The van der Waals surface area contributed by atoms with Gasteiger partial charge in [-0.25, -0.2) is 9.78 Å². The molecule has 1 aliphatic heterocycles. The standard InChI is InChI=1S/C24H28N4O5S/c1-13-26-19(33-27-13)15-12-24(5,22(30)31)28(18(15)20-25-9-10-34-20)21(29)14-7-8-16(23(2,3)4)17(11-14)32-6/h7-11,15,18H,12H2,1-6H3,(H,30,31)/t15-,18+,24-/m0/s1. The van der Waals surface area contributed by atoms with Crippen LogP contribution >= 0.6 is 11.3 Å². The molecule has 4 rings (SSSR count). The molecule has 1 saturated heterocycles. The number of hydrogen-bond acceptors (Lipinski definition) is 8. The highest BCUT2D eigenvalue weighted by atomic mass is 32.1. The molecule has 3 atom stereocenters. The van der Waals surface area contributed by atoms with Crippen molar-refractivity contribution < 1.29 is 24.0 Å². The van der Waals surface area contributed by atoms with E-state index < -0.39 is 29.4 Å². The number of nitrogens with zero attached hydrogens (tertiary/aromatic N) is 4. The van der Waals surface area contributed by atoms with Crippen LogP contribution in [0.25, 0.3) is 0 Å². The van der Waals surface area contributed by atoms with Crippen molar-refractivity contribution in [3.05, 3.63) is 57.6 Å². The molecule has 10 heteroatoms. The number of aryl methyl sites for hydroxylation is 1. The summed E-state index contributed by atoms with van der Waals surface area (Å²) in [4.78, 5) is 36.8. The Labute approximate surface area is 201 Å². The van der Waals surface area contributed by atoms with Gasteiger partial charge in [0.2, 0.25) is 5.89 Å². The lowest BCUT2D eigenvalue weighted by Gasteiger charge is -2.35. The van der Waals surface area contributed by atoms with Crippen LogP contribution in [0.3, 0.4) is 0 Å². The molecule has 34 heavy (non-hydrogen) atoms. The predicted octanol–water partition coefficient (Wildman–Crippen LogP) is 4.35. The van der Waals surface area contributed by atoms with E-state index in [1.54, 1.807) is 44.7 Å². The number of carboxylic acid groups (broad SMARTS) is 1. The topological polar surface area (TPSA) is 119 Å². The summed E-state index contributed by atoms with van der Waals surface area (Å²) in [5, 5.41) is 16.6. The number of aliphatic carboxylic acids is 1. The highest BCUT2D eigenvalue weighted by Gasteiger charge is 2.59. The molecule has 2 aromatic heterocycles. The van der Waals surface area contributed by atoms with E-state index in [1.807, 2.05) is 6.07 Å². The molecule has 0 radical (unpaired) electrons. The third kappa shape index (κ3) is 3.96. The number of amides is 1. The van der Waals surface area contributed by atoms with Gasteiger partial charge in [-0.2, -0.15) is 4.98 Å². The van der Waals surface area contributed by atoms with Crippen molar-refractivity contribution in [2.75, 3.05) is 7.11 Å². The summed E-state index contributed by atoms with van der Waals surface area (Å²) in [6.07, 6.45) is 1.74. The normalized spacial score (nSPS) is 22.7. The van der Waals surface area contributed by atoms with Gasteiger partial charge in [-0.3, -0.25) is 4.79 Å². The average Bonchev–Trinajstić information content (AvgIpc) is 3.51. The van der Waals surface area contributed by atoms with Crippen LogP contribution in [0.1, 0.15) is 78.7 Å². The Kier molecular flexibility index (Phi) is 5.97. The molecule has 1 aromatic carbocycles. The molecule has 3 heterocycles. The molecule has 9 nitrogen and oxygen atoms in total. The van der Waals surface area contributed by atoms with Crippen LogP contribution in [0, 0.1) is 6.92 Å². The zero-order valence-corrected chi connectivity index (χ0v) is 20.8. The summed E-state index contributed by atoms with van der Waals surface area (Å²) in [5.74, 6) is -0.752. The zero-order chi connectivity index (χ0) is 24.8. The maximum absolute atomic E-state index is 14.0. The van der Waals surface area contributed by atoms with Crippen molar-refractivity contribution in [3.8, 4) is 5.75 Å². The maximum Gasteiger partial charge on any atom is 0.329 e. The molecule has 1 amide bonds. The van der Waals surface area contributed by atoms with Crippen LogP contribution in [0.5, 0.6) is 5.75 Å². The number of methoxy groups -OCH3 is 1. The smallest absolute Gasteiger partial charge is 0.329 e. The molecule has 0 bridgehead atoms. The maximum atomic E-state index is 14.0. The fraction of sp³-hybridized carbons (Fsp3) is 0.458. The first-order chi connectivity index (χ1) is 16.0. The van der Waals surface area contributed by atoms with E-state index in [2.05, 4.69) is 35.9 Å². The first-order valence-corrected chi connectivity index (χ1v) is 11.8. The molecule has 1 fully saturated rings. The first-order valence-electron chi connectivity index (χ1n) is 10.9. The van der Waals surface area contributed by atoms with Crippen molar-refractivity contribution in [1.82, 2.24) is 20.0 Å². The van der Waals surface area contributed by atoms with Gasteiger partial charge in [0, 0.05) is 17.1 Å². The second-order valence-electron chi connectivity index (χ2n) is 9.72. The SMILES string of the molecule is COc1cc(C(=O)N2[C@@H](c3nccs3)[C@@H](c3nc(C)no3)C[C@@]2(C)C(=O)O)ccc1C(C)(C)C. The Balaban J connectivity index is 1.86. The van der Waals surface area contributed by atoms with Gasteiger partial charge in [0.15, 0.2) is 5.82 Å². The first kappa shape index (κ1) is 23.9. The van der Waals surface area contributed by atoms with Crippen LogP contribution in [0.2, 0.25) is 0 Å². The number of benzene rings is 1. The third-order valence-electron chi connectivity index (χ3n) is 6.31. The van der Waals surface area contributed by atoms with Crippen molar-refractivity contribution in [2.24, 2.45) is 0 Å². The van der Waals surface area contributed by atoms with Crippen molar-refractivity contribution >= 4 is 23.2 Å². The van der Waals surface area contributed by atoms with Crippen molar-refractivity contribution in [3.63, 3.8) is 0 Å². The Hall–Kier alpha value is -3.27. The lowest BCUT2D eigenvalue weighted by Crippen LogP contribution is -2.51. The van der Waals surface area contributed by atoms with E-state index in [1.165, 1.54) is 16.2 Å². The van der Waals surface area contributed by atoms with Gasteiger partial charge >= 0.3 is 5.97 Å². The zero-order valence-electron chi connectivity index (χ0n) is 20.0. The van der Waals surface area contributed by atoms with Crippen LogP contribution in [0.15, 0.2) is 34.3 Å². The van der Waals surface area contributed by atoms with E-state index >= 15 is 0 Å². The van der Waals surface area contributed by atoms with E-state index in [9.17, 15) is 14.7 Å². The van der Waals surface area contributed by atoms with E-state index in [0.717, 1.165) is 5.56 Å². The highest BCUT2D eigenvalue weighted by Crippen LogP contribution is 2.52. The number of ether oxygens (including phenoxy) is 1. The molecule has 1 aliphatic rings. The number of likely N-dealkylation sites (tertiary alicyclic amines) is 1. The van der Waals surface area contributed by atoms with Crippen LogP contribution in [0.4, 0.5) is 0 Å². The second-order valence-corrected chi connectivity index (χ2v) is 10.7. The number of carbonyl (C=O) groups excluding carboxylic acids is 1. The molecular weight excluding hydrogens is 456 g/mol. The van der Waals surface area contributed by atoms with Crippen LogP contribution < -0.4 is 4.74 Å². The molecule has 1 N–H and O–H groups in total. The Morgan fingerprint density at radius 1 is 1.32 bits per heavy atom. The summed E-state index contributed by atoms with van der Waals surface area (Å²) in [6.45, 7) is 9.43.